The Morgan fingerprint density at radius 2 is 1.79 bits per heavy atom. The monoisotopic (exact) mass is 382 g/mol. The van der Waals surface area contributed by atoms with Gasteiger partial charge in [-0.1, -0.05) is 63.2 Å². The van der Waals surface area contributed by atoms with Crippen LogP contribution < -0.4 is 0 Å². The maximum atomic E-state index is 10.7. The highest BCUT2D eigenvalue weighted by Crippen LogP contribution is 2.31. The first-order valence-corrected chi connectivity index (χ1v) is 10.5. The Labute approximate surface area is 169 Å². The van der Waals surface area contributed by atoms with Crippen molar-refractivity contribution in [3.8, 4) is 0 Å². The van der Waals surface area contributed by atoms with Crippen LogP contribution in [-0.4, -0.2) is 37.6 Å². The lowest BCUT2D eigenvalue weighted by Crippen LogP contribution is -2.38. The Balaban J connectivity index is 1.59. The van der Waals surface area contributed by atoms with Gasteiger partial charge in [0.25, 0.3) is 0 Å². The average Bonchev–Trinajstić information content (AvgIpc) is 2.70. The predicted molar refractivity (Wildman–Crippen MR) is 114 cm³/mol. The Kier molecular flexibility index (Phi) is 7.28. The van der Waals surface area contributed by atoms with Crippen molar-refractivity contribution in [1.82, 2.24) is 0 Å². The largest absolute Gasteiger partial charge is 0.390 e. The number of hydrogen-bond acceptors (Lipinski definition) is 3. The summed E-state index contributed by atoms with van der Waals surface area (Å²) in [6, 6.07) is 15.2. The summed E-state index contributed by atoms with van der Waals surface area (Å²) in [6.45, 7) is 7.99. The van der Waals surface area contributed by atoms with Crippen LogP contribution >= 0.6 is 0 Å². The fourth-order valence-electron chi connectivity index (χ4n) is 4.10. The maximum absolute atomic E-state index is 10.7. The van der Waals surface area contributed by atoms with E-state index in [0.717, 1.165) is 19.4 Å². The van der Waals surface area contributed by atoms with E-state index in [-0.39, 0.29) is 6.10 Å². The van der Waals surface area contributed by atoms with E-state index in [4.69, 9.17) is 9.47 Å². The molecule has 0 aliphatic heterocycles. The van der Waals surface area contributed by atoms with Crippen LogP contribution in [0.3, 0.4) is 0 Å². The van der Waals surface area contributed by atoms with Gasteiger partial charge in [-0.2, -0.15) is 0 Å². The number of aliphatic hydroxyl groups is 1. The van der Waals surface area contributed by atoms with E-state index < -0.39 is 6.10 Å². The van der Waals surface area contributed by atoms with E-state index >= 15 is 0 Å². The molecule has 0 amide bonds. The minimum Gasteiger partial charge on any atom is -0.390 e. The molecule has 152 valence electrons. The predicted octanol–water partition coefficient (Wildman–Crippen LogP) is 4.65. The number of benzene rings is 2. The normalized spacial score (nSPS) is 20.2. The fraction of sp³-hybridized carbons (Fsp3) is 0.520. The summed E-state index contributed by atoms with van der Waals surface area (Å²) in [4.78, 5) is 0. The standard InChI is InChI=1S/C25H34O3/c1-17(2)22-7-5-6-21-14-25(24(26)15-23(21)22)28-16-18(3)20-10-8-19(9-11-20)12-13-27-4/h5-11,17-18,24-26H,12-16H2,1-4H3. The third-order valence-electron chi connectivity index (χ3n) is 5.90. The van der Waals surface area contributed by atoms with Crippen LogP contribution in [0.2, 0.25) is 0 Å². The summed E-state index contributed by atoms with van der Waals surface area (Å²) < 4.78 is 11.3. The van der Waals surface area contributed by atoms with Crippen LogP contribution in [0, 0.1) is 0 Å². The Morgan fingerprint density at radius 3 is 2.46 bits per heavy atom. The van der Waals surface area contributed by atoms with Crippen molar-refractivity contribution in [1.29, 1.82) is 0 Å². The molecule has 0 heterocycles. The van der Waals surface area contributed by atoms with Crippen molar-refractivity contribution in [2.75, 3.05) is 20.3 Å². The SMILES string of the molecule is COCCc1ccc(C(C)COC2Cc3cccc(C(C)C)c3CC2O)cc1. The van der Waals surface area contributed by atoms with E-state index in [1.165, 1.54) is 27.8 Å². The van der Waals surface area contributed by atoms with Crippen molar-refractivity contribution >= 4 is 0 Å². The van der Waals surface area contributed by atoms with E-state index in [1.54, 1.807) is 7.11 Å². The fourth-order valence-corrected chi connectivity index (χ4v) is 4.10. The smallest absolute Gasteiger partial charge is 0.0877 e. The number of rotatable bonds is 8. The first-order chi connectivity index (χ1) is 13.5. The summed E-state index contributed by atoms with van der Waals surface area (Å²) in [5.41, 5.74) is 6.58. The molecule has 0 radical (unpaired) electrons. The molecule has 0 spiro atoms. The van der Waals surface area contributed by atoms with Gasteiger partial charge in [-0.15, -0.1) is 0 Å². The molecule has 0 aromatic heterocycles. The van der Waals surface area contributed by atoms with Crippen molar-refractivity contribution in [3.63, 3.8) is 0 Å². The highest BCUT2D eigenvalue weighted by molar-refractivity contribution is 5.40. The molecule has 2 aromatic rings. The van der Waals surface area contributed by atoms with Crippen LogP contribution in [0.5, 0.6) is 0 Å². The minimum absolute atomic E-state index is 0.127. The van der Waals surface area contributed by atoms with Crippen LogP contribution in [0.1, 0.15) is 60.4 Å². The molecule has 3 heteroatoms. The van der Waals surface area contributed by atoms with Gasteiger partial charge in [0.05, 0.1) is 25.4 Å². The third-order valence-corrected chi connectivity index (χ3v) is 5.90. The molecule has 3 unspecified atom stereocenters. The van der Waals surface area contributed by atoms with E-state index in [1.807, 2.05) is 0 Å². The van der Waals surface area contributed by atoms with E-state index in [2.05, 4.69) is 63.2 Å². The molecule has 3 atom stereocenters. The second kappa shape index (κ2) is 9.69. The first-order valence-electron chi connectivity index (χ1n) is 10.5. The van der Waals surface area contributed by atoms with Gasteiger partial charge >= 0.3 is 0 Å². The zero-order valence-corrected chi connectivity index (χ0v) is 17.7. The van der Waals surface area contributed by atoms with Gasteiger partial charge in [-0.25, -0.2) is 0 Å². The van der Waals surface area contributed by atoms with E-state index in [9.17, 15) is 5.11 Å². The summed E-state index contributed by atoms with van der Waals surface area (Å²) >= 11 is 0. The molecule has 0 saturated heterocycles. The van der Waals surface area contributed by atoms with E-state index in [0.29, 0.717) is 24.9 Å². The van der Waals surface area contributed by atoms with Gasteiger partial charge in [0, 0.05) is 25.9 Å². The molecule has 3 rings (SSSR count). The zero-order chi connectivity index (χ0) is 20.1. The van der Waals surface area contributed by atoms with Gasteiger partial charge in [-0.3, -0.25) is 0 Å². The Bertz CT molecular complexity index is 751. The van der Waals surface area contributed by atoms with Crippen LogP contribution in [0.25, 0.3) is 0 Å². The Hall–Kier alpha value is -1.68. The molecule has 3 nitrogen and oxygen atoms in total. The lowest BCUT2D eigenvalue weighted by molar-refractivity contribution is -0.0450. The molecule has 0 bridgehead atoms. The molecule has 1 aliphatic carbocycles. The van der Waals surface area contributed by atoms with Gasteiger partial charge in [0.2, 0.25) is 0 Å². The van der Waals surface area contributed by atoms with Crippen molar-refractivity contribution in [3.05, 3.63) is 70.3 Å². The number of hydrogen-bond donors (Lipinski definition) is 1. The first kappa shape index (κ1) is 21.0. The molecule has 0 fully saturated rings. The van der Waals surface area contributed by atoms with Gasteiger partial charge < -0.3 is 14.6 Å². The number of aliphatic hydroxyl groups excluding tert-OH is 1. The summed E-state index contributed by atoms with van der Waals surface area (Å²) in [6.07, 6.45) is 1.86. The van der Waals surface area contributed by atoms with Gasteiger partial charge in [0.1, 0.15) is 0 Å². The summed E-state index contributed by atoms with van der Waals surface area (Å²) in [7, 11) is 1.73. The third kappa shape index (κ3) is 5.02. The maximum Gasteiger partial charge on any atom is 0.0877 e. The number of methoxy groups -OCH3 is 1. The quantitative estimate of drug-likeness (QED) is 0.722. The van der Waals surface area contributed by atoms with Crippen molar-refractivity contribution in [2.24, 2.45) is 0 Å². The number of fused-ring (bicyclic) bond motifs is 1. The van der Waals surface area contributed by atoms with Crippen molar-refractivity contribution < 1.29 is 14.6 Å². The zero-order valence-electron chi connectivity index (χ0n) is 17.7. The molecular formula is C25H34O3. The second-order valence-electron chi connectivity index (χ2n) is 8.37. The molecule has 1 aliphatic rings. The van der Waals surface area contributed by atoms with Gasteiger partial charge in [-0.05, 0) is 40.2 Å². The van der Waals surface area contributed by atoms with Crippen molar-refractivity contribution in [2.45, 2.75) is 64.1 Å². The summed E-state index contributed by atoms with van der Waals surface area (Å²) in [5, 5.41) is 10.7. The Morgan fingerprint density at radius 1 is 1.04 bits per heavy atom. The second-order valence-corrected chi connectivity index (χ2v) is 8.37. The molecule has 1 N–H and O–H groups in total. The molecule has 0 saturated carbocycles. The summed E-state index contributed by atoms with van der Waals surface area (Å²) in [5.74, 6) is 0.776. The lowest BCUT2D eigenvalue weighted by Gasteiger charge is -2.32. The van der Waals surface area contributed by atoms with Crippen LogP contribution in [0.15, 0.2) is 42.5 Å². The molecular weight excluding hydrogens is 348 g/mol. The lowest BCUT2D eigenvalue weighted by atomic mass is 9.82. The van der Waals surface area contributed by atoms with Gasteiger partial charge in [0.15, 0.2) is 0 Å². The number of ether oxygens (including phenoxy) is 2. The molecule has 28 heavy (non-hydrogen) atoms. The van der Waals surface area contributed by atoms with Crippen LogP contribution in [-0.2, 0) is 28.7 Å². The van der Waals surface area contributed by atoms with Crippen LogP contribution in [0.4, 0.5) is 0 Å². The topological polar surface area (TPSA) is 38.7 Å². The molecule has 2 aromatic carbocycles. The highest BCUT2D eigenvalue weighted by Gasteiger charge is 2.29. The average molecular weight is 383 g/mol. The minimum atomic E-state index is -0.434. The highest BCUT2D eigenvalue weighted by atomic mass is 16.5.